The van der Waals surface area contributed by atoms with Gasteiger partial charge in [-0.25, -0.2) is 10.9 Å². The van der Waals surface area contributed by atoms with Gasteiger partial charge in [0.2, 0.25) is 0 Å². The van der Waals surface area contributed by atoms with E-state index in [-0.39, 0.29) is 12.4 Å². The van der Waals surface area contributed by atoms with E-state index in [0.29, 0.717) is 5.56 Å². The summed E-state index contributed by atoms with van der Waals surface area (Å²) >= 11 is 3.29. The van der Waals surface area contributed by atoms with Gasteiger partial charge in [0.15, 0.2) is 5.78 Å². The van der Waals surface area contributed by atoms with Gasteiger partial charge in [0, 0.05) is 10.0 Å². The second-order valence-electron chi connectivity index (χ2n) is 4.36. The molecule has 1 aliphatic heterocycles. The van der Waals surface area contributed by atoms with Gasteiger partial charge >= 0.3 is 5.97 Å². The standard InChI is InChI=1S/C13H15BrN2O4/c1-2-20-13(19)10-12(18)9(15-16-10)11(17)7-3-5-8(14)6-4-7/h3-6,9-10,12,15-16,18H,2H2,1H3. The summed E-state index contributed by atoms with van der Waals surface area (Å²) in [5, 5.41) is 10.1. The molecule has 20 heavy (non-hydrogen) atoms. The maximum atomic E-state index is 12.3. The zero-order chi connectivity index (χ0) is 14.7. The molecule has 7 heteroatoms. The number of ketones is 1. The number of hydrogen-bond donors (Lipinski definition) is 3. The lowest BCUT2D eigenvalue weighted by Crippen LogP contribution is -2.42. The van der Waals surface area contributed by atoms with Crippen LogP contribution < -0.4 is 10.9 Å². The van der Waals surface area contributed by atoms with Crippen LogP contribution in [0.15, 0.2) is 28.7 Å². The Hall–Kier alpha value is -1.28. The van der Waals surface area contributed by atoms with Crippen LogP contribution in [0.5, 0.6) is 0 Å². The Morgan fingerprint density at radius 1 is 1.25 bits per heavy atom. The van der Waals surface area contributed by atoms with Gasteiger partial charge in [-0.2, -0.15) is 0 Å². The van der Waals surface area contributed by atoms with Gasteiger partial charge in [0.05, 0.1) is 6.61 Å². The number of Topliss-reactive ketones (excluding diaryl/α,β-unsaturated/α-hetero) is 1. The Labute approximate surface area is 124 Å². The van der Waals surface area contributed by atoms with E-state index in [9.17, 15) is 14.7 Å². The van der Waals surface area contributed by atoms with Crippen molar-refractivity contribution in [2.45, 2.75) is 25.1 Å². The van der Waals surface area contributed by atoms with Crippen molar-refractivity contribution in [1.29, 1.82) is 0 Å². The summed E-state index contributed by atoms with van der Waals surface area (Å²) in [7, 11) is 0. The summed E-state index contributed by atoms with van der Waals surface area (Å²) in [5.41, 5.74) is 5.70. The number of rotatable bonds is 4. The smallest absolute Gasteiger partial charge is 0.327 e. The molecule has 0 radical (unpaired) electrons. The predicted molar refractivity (Wildman–Crippen MR) is 75.0 cm³/mol. The monoisotopic (exact) mass is 342 g/mol. The number of hydrogen-bond acceptors (Lipinski definition) is 6. The van der Waals surface area contributed by atoms with E-state index < -0.39 is 24.2 Å². The minimum atomic E-state index is -1.18. The van der Waals surface area contributed by atoms with Crippen LogP contribution in [0.25, 0.3) is 0 Å². The first kappa shape index (κ1) is 15.1. The van der Waals surface area contributed by atoms with Crippen LogP contribution in [-0.4, -0.2) is 41.7 Å². The molecule has 0 bridgehead atoms. The van der Waals surface area contributed by atoms with Gasteiger partial charge in [-0.15, -0.1) is 0 Å². The van der Waals surface area contributed by atoms with E-state index in [1.807, 2.05) is 0 Å². The highest BCUT2D eigenvalue weighted by Gasteiger charge is 2.43. The number of hydrazine groups is 1. The number of ether oxygens (including phenoxy) is 1. The Morgan fingerprint density at radius 3 is 2.45 bits per heavy atom. The number of carbonyl (C=O) groups excluding carboxylic acids is 2. The predicted octanol–water partition coefficient (Wildman–Crippen LogP) is 0.401. The summed E-state index contributed by atoms with van der Waals surface area (Å²) in [4.78, 5) is 23.9. The highest BCUT2D eigenvalue weighted by Crippen LogP contribution is 2.16. The van der Waals surface area contributed by atoms with Crippen LogP contribution >= 0.6 is 15.9 Å². The van der Waals surface area contributed by atoms with Crippen LogP contribution in [0.2, 0.25) is 0 Å². The Balaban J connectivity index is 2.09. The van der Waals surface area contributed by atoms with Crippen molar-refractivity contribution in [2.75, 3.05) is 6.61 Å². The number of aliphatic hydroxyl groups is 1. The Kier molecular flexibility index (Phi) is 4.87. The molecule has 0 aliphatic carbocycles. The van der Waals surface area contributed by atoms with Gasteiger partial charge in [0.1, 0.15) is 18.2 Å². The zero-order valence-electron chi connectivity index (χ0n) is 10.8. The Bertz CT molecular complexity index is 506. The fourth-order valence-electron chi connectivity index (χ4n) is 1.99. The third-order valence-electron chi connectivity index (χ3n) is 3.03. The van der Waals surface area contributed by atoms with Crippen molar-refractivity contribution in [2.24, 2.45) is 0 Å². The summed E-state index contributed by atoms with van der Waals surface area (Å²) < 4.78 is 5.68. The molecule has 108 valence electrons. The lowest BCUT2D eigenvalue weighted by molar-refractivity contribution is -0.147. The van der Waals surface area contributed by atoms with Crippen molar-refractivity contribution in [1.82, 2.24) is 10.9 Å². The molecule has 1 heterocycles. The van der Waals surface area contributed by atoms with Crippen LogP contribution in [0.1, 0.15) is 17.3 Å². The molecule has 3 atom stereocenters. The first-order chi connectivity index (χ1) is 9.54. The SMILES string of the molecule is CCOC(=O)C1NNC(C(=O)c2ccc(Br)cc2)C1O. The fraction of sp³-hybridized carbons (Fsp3) is 0.385. The molecule has 1 aromatic rings. The number of carbonyl (C=O) groups is 2. The molecule has 2 rings (SSSR count). The third kappa shape index (κ3) is 3.06. The second-order valence-corrected chi connectivity index (χ2v) is 5.27. The van der Waals surface area contributed by atoms with Crippen LogP contribution in [0.3, 0.4) is 0 Å². The molecule has 1 fully saturated rings. The van der Waals surface area contributed by atoms with Crippen molar-refractivity contribution < 1.29 is 19.4 Å². The summed E-state index contributed by atoms with van der Waals surface area (Å²) in [5.74, 6) is -0.872. The first-order valence-electron chi connectivity index (χ1n) is 6.20. The minimum absolute atomic E-state index is 0.217. The minimum Gasteiger partial charge on any atom is -0.465 e. The van der Waals surface area contributed by atoms with Crippen molar-refractivity contribution in [3.05, 3.63) is 34.3 Å². The number of esters is 1. The average molecular weight is 343 g/mol. The van der Waals surface area contributed by atoms with Crippen molar-refractivity contribution >= 4 is 27.7 Å². The lowest BCUT2D eigenvalue weighted by Gasteiger charge is -2.15. The summed E-state index contributed by atoms with van der Waals surface area (Å²) in [6, 6.07) is 4.96. The maximum Gasteiger partial charge on any atom is 0.327 e. The van der Waals surface area contributed by atoms with E-state index in [0.717, 1.165) is 4.47 Å². The first-order valence-corrected chi connectivity index (χ1v) is 6.99. The van der Waals surface area contributed by atoms with E-state index >= 15 is 0 Å². The summed E-state index contributed by atoms with van der Waals surface area (Å²) in [6.45, 7) is 1.90. The number of benzene rings is 1. The van der Waals surface area contributed by atoms with E-state index in [2.05, 4.69) is 26.8 Å². The fourth-order valence-corrected chi connectivity index (χ4v) is 2.25. The molecule has 3 N–H and O–H groups in total. The van der Waals surface area contributed by atoms with Crippen molar-refractivity contribution in [3.63, 3.8) is 0 Å². The van der Waals surface area contributed by atoms with Crippen LogP contribution in [0.4, 0.5) is 0 Å². The van der Waals surface area contributed by atoms with Gasteiger partial charge in [-0.3, -0.25) is 9.59 Å². The Morgan fingerprint density at radius 2 is 1.85 bits per heavy atom. The highest BCUT2D eigenvalue weighted by molar-refractivity contribution is 9.10. The molecule has 1 aliphatic rings. The molecule has 6 nitrogen and oxygen atoms in total. The van der Waals surface area contributed by atoms with Crippen LogP contribution in [0, 0.1) is 0 Å². The number of aliphatic hydroxyl groups excluding tert-OH is 1. The molecule has 0 amide bonds. The van der Waals surface area contributed by atoms with E-state index in [1.54, 1.807) is 31.2 Å². The van der Waals surface area contributed by atoms with E-state index in [4.69, 9.17) is 4.74 Å². The lowest BCUT2D eigenvalue weighted by atomic mass is 9.98. The highest BCUT2D eigenvalue weighted by atomic mass is 79.9. The van der Waals surface area contributed by atoms with Gasteiger partial charge in [-0.05, 0) is 19.1 Å². The second kappa shape index (κ2) is 6.45. The molecule has 0 saturated carbocycles. The number of nitrogens with one attached hydrogen (secondary N) is 2. The topological polar surface area (TPSA) is 87.7 Å². The quantitative estimate of drug-likeness (QED) is 0.542. The third-order valence-corrected chi connectivity index (χ3v) is 3.56. The maximum absolute atomic E-state index is 12.3. The molecule has 3 unspecified atom stereocenters. The zero-order valence-corrected chi connectivity index (χ0v) is 12.4. The van der Waals surface area contributed by atoms with E-state index in [1.165, 1.54) is 0 Å². The molecule has 1 aromatic carbocycles. The normalized spacial score (nSPS) is 25.4. The van der Waals surface area contributed by atoms with Crippen molar-refractivity contribution in [3.8, 4) is 0 Å². The van der Waals surface area contributed by atoms with Gasteiger partial charge < -0.3 is 9.84 Å². The molecule has 0 spiro atoms. The van der Waals surface area contributed by atoms with Gasteiger partial charge in [-0.1, -0.05) is 28.1 Å². The average Bonchev–Trinajstić information content (AvgIpc) is 2.81. The summed E-state index contributed by atoms with van der Waals surface area (Å²) in [6.07, 6.45) is -1.18. The van der Waals surface area contributed by atoms with Gasteiger partial charge in [0.25, 0.3) is 0 Å². The molecule has 1 saturated heterocycles. The molecular weight excluding hydrogens is 328 g/mol. The molecular formula is C13H15BrN2O4. The number of halogens is 1. The largest absolute Gasteiger partial charge is 0.465 e. The molecule has 0 aromatic heterocycles. The van der Waals surface area contributed by atoms with Crippen LogP contribution in [-0.2, 0) is 9.53 Å².